The number of hydrogen-bond acceptors (Lipinski definition) is 3. The summed E-state index contributed by atoms with van der Waals surface area (Å²) >= 11 is 0. The molecule has 5 nitrogen and oxygen atoms in total. The fourth-order valence-corrected chi connectivity index (χ4v) is 2.56. The summed E-state index contributed by atoms with van der Waals surface area (Å²) < 4.78 is 1.79. The molecule has 2 N–H and O–H groups in total. The van der Waals surface area contributed by atoms with E-state index in [0.717, 1.165) is 25.2 Å². The third kappa shape index (κ3) is 3.15. The summed E-state index contributed by atoms with van der Waals surface area (Å²) in [5.74, 6) is 0.816. The maximum absolute atomic E-state index is 12.2. The lowest BCUT2D eigenvalue weighted by atomic mass is 9.95. The molecule has 1 aromatic rings. The fourth-order valence-electron chi connectivity index (χ4n) is 2.56. The topological polar surface area (TPSA) is 59.0 Å². The van der Waals surface area contributed by atoms with Gasteiger partial charge in [-0.2, -0.15) is 5.10 Å². The number of rotatable bonds is 3. The molecule has 0 bridgehead atoms. The van der Waals surface area contributed by atoms with E-state index in [1.165, 1.54) is 0 Å². The van der Waals surface area contributed by atoms with E-state index < -0.39 is 0 Å². The maximum Gasteiger partial charge on any atom is 0.272 e. The molecule has 2 heterocycles. The van der Waals surface area contributed by atoms with Crippen LogP contribution in [0.4, 0.5) is 0 Å². The molecule has 2 atom stereocenters. The minimum absolute atomic E-state index is 0.0666. The van der Waals surface area contributed by atoms with Crippen LogP contribution in [0.2, 0.25) is 0 Å². The largest absolute Gasteiger partial charge is 0.346 e. The Morgan fingerprint density at radius 2 is 2.32 bits per heavy atom. The molecule has 19 heavy (non-hydrogen) atoms. The van der Waals surface area contributed by atoms with Crippen molar-refractivity contribution in [1.82, 2.24) is 20.4 Å². The van der Waals surface area contributed by atoms with Gasteiger partial charge in [0.2, 0.25) is 0 Å². The van der Waals surface area contributed by atoms with Crippen LogP contribution in [0.25, 0.3) is 0 Å². The minimum atomic E-state index is -0.0666. The number of carbonyl (C=O) groups excluding carboxylic acids is 1. The van der Waals surface area contributed by atoms with Crippen molar-refractivity contribution in [2.24, 2.45) is 13.0 Å². The van der Waals surface area contributed by atoms with Crippen LogP contribution in [0.3, 0.4) is 0 Å². The highest BCUT2D eigenvalue weighted by Gasteiger charge is 2.24. The zero-order chi connectivity index (χ0) is 14.0. The van der Waals surface area contributed by atoms with Crippen molar-refractivity contribution in [3.05, 3.63) is 17.5 Å². The van der Waals surface area contributed by atoms with Crippen LogP contribution >= 0.6 is 0 Å². The summed E-state index contributed by atoms with van der Waals surface area (Å²) in [7, 11) is 1.89. The molecule has 1 fully saturated rings. The summed E-state index contributed by atoms with van der Waals surface area (Å²) in [6, 6.07) is 2.09. The van der Waals surface area contributed by atoms with Crippen LogP contribution < -0.4 is 10.6 Å². The second kappa shape index (κ2) is 5.74. The van der Waals surface area contributed by atoms with Crippen molar-refractivity contribution >= 4 is 5.91 Å². The molecule has 5 heteroatoms. The third-order valence-corrected chi connectivity index (χ3v) is 3.88. The second-order valence-electron chi connectivity index (χ2n) is 5.78. The van der Waals surface area contributed by atoms with Crippen molar-refractivity contribution in [1.29, 1.82) is 0 Å². The lowest BCUT2D eigenvalue weighted by molar-refractivity contribution is 0.0909. The normalized spacial score (nSPS) is 23.6. The van der Waals surface area contributed by atoms with Gasteiger partial charge >= 0.3 is 0 Å². The molecule has 1 aromatic heterocycles. The number of amides is 1. The van der Waals surface area contributed by atoms with E-state index in [1.54, 1.807) is 4.68 Å². The van der Waals surface area contributed by atoms with Gasteiger partial charge in [-0.25, -0.2) is 0 Å². The summed E-state index contributed by atoms with van der Waals surface area (Å²) in [5, 5.41) is 10.7. The lowest BCUT2D eigenvalue weighted by Gasteiger charge is -2.29. The molecule has 0 aromatic carbocycles. The fraction of sp³-hybridized carbons (Fsp3) is 0.714. The van der Waals surface area contributed by atoms with Gasteiger partial charge in [0.25, 0.3) is 5.91 Å². The van der Waals surface area contributed by atoms with Gasteiger partial charge in [-0.15, -0.1) is 0 Å². The number of aryl methyl sites for hydroxylation is 1. The summed E-state index contributed by atoms with van der Waals surface area (Å²) in [5.41, 5.74) is 1.60. The highest BCUT2D eigenvalue weighted by atomic mass is 16.2. The first kappa shape index (κ1) is 14.1. The van der Waals surface area contributed by atoms with Crippen LogP contribution in [-0.2, 0) is 7.05 Å². The zero-order valence-corrected chi connectivity index (χ0v) is 12.2. The monoisotopic (exact) mass is 264 g/mol. The number of nitrogens with one attached hydrogen (secondary N) is 2. The van der Waals surface area contributed by atoms with E-state index in [-0.39, 0.29) is 11.9 Å². The molecule has 1 amide bonds. The Morgan fingerprint density at radius 3 is 2.89 bits per heavy atom. The average Bonchev–Trinajstić information content (AvgIpc) is 2.74. The first-order valence-electron chi connectivity index (χ1n) is 7.04. The Bertz CT molecular complexity index is 452. The van der Waals surface area contributed by atoms with E-state index >= 15 is 0 Å². The van der Waals surface area contributed by atoms with Crippen LogP contribution in [0, 0.1) is 5.92 Å². The van der Waals surface area contributed by atoms with Gasteiger partial charge in [0, 0.05) is 25.3 Å². The van der Waals surface area contributed by atoms with Gasteiger partial charge in [0.1, 0.15) is 5.69 Å². The number of aromatic nitrogens is 2. The highest BCUT2D eigenvalue weighted by molar-refractivity contribution is 5.92. The Labute approximate surface area is 114 Å². The molecule has 1 saturated heterocycles. The molecule has 1 aliphatic rings. The summed E-state index contributed by atoms with van der Waals surface area (Å²) in [4.78, 5) is 12.2. The lowest BCUT2D eigenvalue weighted by Crippen LogP contribution is -2.50. The molecule has 0 aliphatic carbocycles. The quantitative estimate of drug-likeness (QED) is 0.864. The van der Waals surface area contributed by atoms with Crippen LogP contribution in [0.1, 0.15) is 49.3 Å². The third-order valence-electron chi connectivity index (χ3n) is 3.88. The predicted molar refractivity (Wildman–Crippen MR) is 75.2 cm³/mol. The van der Waals surface area contributed by atoms with E-state index in [1.807, 2.05) is 13.1 Å². The van der Waals surface area contributed by atoms with Crippen molar-refractivity contribution < 1.29 is 4.79 Å². The highest BCUT2D eigenvalue weighted by Crippen LogP contribution is 2.16. The number of carbonyl (C=O) groups is 1. The number of hydrogen-bond donors (Lipinski definition) is 2. The van der Waals surface area contributed by atoms with Gasteiger partial charge in [-0.1, -0.05) is 20.8 Å². The zero-order valence-electron chi connectivity index (χ0n) is 12.2. The molecule has 1 aliphatic heterocycles. The maximum atomic E-state index is 12.2. The average molecular weight is 264 g/mol. The number of piperidine rings is 1. The second-order valence-corrected chi connectivity index (χ2v) is 5.78. The summed E-state index contributed by atoms with van der Waals surface area (Å²) in [6.07, 6.45) is 1.10. The van der Waals surface area contributed by atoms with E-state index in [2.05, 4.69) is 36.5 Å². The van der Waals surface area contributed by atoms with Gasteiger partial charge in [-0.3, -0.25) is 9.48 Å². The first-order chi connectivity index (χ1) is 8.99. The SMILES string of the molecule is CC(C)c1cc(C(=O)NC2CNCCC2C)nn1C. The van der Waals surface area contributed by atoms with Crippen molar-refractivity contribution in [3.8, 4) is 0 Å². The van der Waals surface area contributed by atoms with Gasteiger partial charge in [0.15, 0.2) is 0 Å². The van der Waals surface area contributed by atoms with Crippen LogP contribution in [-0.4, -0.2) is 34.8 Å². The molecular weight excluding hydrogens is 240 g/mol. The molecule has 0 saturated carbocycles. The van der Waals surface area contributed by atoms with E-state index in [4.69, 9.17) is 0 Å². The molecule has 2 rings (SSSR count). The Balaban J connectivity index is 2.05. The van der Waals surface area contributed by atoms with E-state index in [0.29, 0.717) is 17.5 Å². The Morgan fingerprint density at radius 1 is 1.58 bits per heavy atom. The van der Waals surface area contributed by atoms with Crippen molar-refractivity contribution in [2.45, 2.75) is 39.2 Å². The number of nitrogens with zero attached hydrogens (tertiary/aromatic N) is 2. The first-order valence-corrected chi connectivity index (χ1v) is 7.04. The molecule has 2 unspecified atom stereocenters. The predicted octanol–water partition coefficient (Wildman–Crippen LogP) is 1.27. The van der Waals surface area contributed by atoms with Gasteiger partial charge in [-0.05, 0) is 30.9 Å². The Hall–Kier alpha value is -1.36. The smallest absolute Gasteiger partial charge is 0.272 e. The molecule has 0 spiro atoms. The minimum Gasteiger partial charge on any atom is -0.346 e. The van der Waals surface area contributed by atoms with Gasteiger partial charge < -0.3 is 10.6 Å². The van der Waals surface area contributed by atoms with Crippen molar-refractivity contribution in [3.63, 3.8) is 0 Å². The Kier molecular flexibility index (Phi) is 4.24. The molecule has 0 radical (unpaired) electrons. The van der Waals surface area contributed by atoms with E-state index in [9.17, 15) is 4.79 Å². The van der Waals surface area contributed by atoms with Crippen LogP contribution in [0.15, 0.2) is 6.07 Å². The van der Waals surface area contributed by atoms with Crippen molar-refractivity contribution in [2.75, 3.05) is 13.1 Å². The van der Waals surface area contributed by atoms with Gasteiger partial charge in [0.05, 0.1) is 0 Å². The molecule has 106 valence electrons. The molecular formula is C14H24N4O. The standard InChI is InChI=1S/C14H24N4O/c1-9(2)13-7-11(17-18(13)4)14(19)16-12-8-15-6-5-10(12)3/h7,9-10,12,15H,5-6,8H2,1-4H3,(H,16,19). The summed E-state index contributed by atoms with van der Waals surface area (Å²) in [6.45, 7) is 8.27. The van der Waals surface area contributed by atoms with Crippen LogP contribution in [0.5, 0.6) is 0 Å².